The van der Waals surface area contributed by atoms with Gasteiger partial charge in [0.1, 0.15) is 0 Å². The number of rotatable bonds is 7. The Balaban J connectivity index is 1.38. The molecule has 0 spiro atoms. The van der Waals surface area contributed by atoms with Gasteiger partial charge in [-0.05, 0) is 59.0 Å². The fourth-order valence-electron chi connectivity index (χ4n) is 8.40. The van der Waals surface area contributed by atoms with E-state index in [0.29, 0.717) is 28.0 Å². The summed E-state index contributed by atoms with van der Waals surface area (Å²) in [5, 5.41) is 10.6. The van der Waals surface area contributed by atoms with Gasteiger partial charge < -0.3 is 14.6 Å². The molecule has 1 fully saturated rings. The average Bonchev–Trinajstić information content (AvgIpc) is 3.44. The number of aromatic nitrogens is 3. The molecule has 10 nitrogen and oxygen atoms in total. The van der Waals surface area contributed by atoms with E-state index in [9.17, 15) is 19.5 Å². The summed E-state index contributed by atoms with van der Waals surface area (Å²) in [4.78, 5) is 58.3. The lowest BCUT2D eigenvalue weighted by Gasteiger charge is -2.53. The molecule has 2 aliphatic carbocycles. The van der Waals surface area contributed by atoms with Crippen LogP contribution in [0.3, 0.4) is 0 Å². The normalized spacial score (nSPS) is 22.2. The first-order valence-corrected chi connectivity index (χ1v) is 17.0. The van der Waals surface area contributed by atoms with E-state index in [0.717, 1.165) is 10.1 Å². The Morgan fingerprint density at radius 1 is 0.808 bits per heavy atom. The van der Waals surface area contributed by atoms with Gasteiger partial charge in [0.2, 0.25) is 5.75 Å². The standard InChI is InChI=1S/C42H35N3O7/c1-51-35-22-26(23-36(52-2)39(35)48)18-19-32-30-20-21-43-40(49)44(29-16-10-5-11-17-29)41(50)45(43)34(30)25-33-38(47)31(27-12-6-3-7-13-27)24-37(46)42(32,33)28-14-8-4-9-15-28/h3-20,22-24,32-34,48H,21,25H2,1-2H3/t32-,33-,34+,42-/m0/s1. The Bertz CT molecular complexity index is 2410. The minimum Gasteiger partial charge on any atom is -0.502 e. The molecule has 52 heavy (non-hydrogen) atoms. The number of methoxy groups -OCH3 is 2. The summed E-state index contributed by atoms with van der Waals surface area (Å²) in [6.07, 6.45) is 7.21. The van der Waals surface area contributed by atoms with Gasteiger partial charge in [0, 0.05) is 17.4 Å². The molecule has 1 N–H and O–H groups in total. The molecule has 3 aliphatic rings. The summed E-state index contributed by atoms with van der Waals surface area (Å²) in [6, 6.07) is 29.8. The molecule has 1 aromatic heterocycles. The number of ketones is 2. The van der Waals surface area contributed by atoms with Crippen molar-refractivity contribution >= 4 is 23.2 Å². The topological polar surface area (TPSA) is 122 Å². The molecule has 8 rings (SSSR count). The highest BCUT2D eigenvalue weighted by Crippen LogP contribution is 2.58. The smallest absolute Gasteiger partial charge is 0.352 e. The number of hydrogen-bond donors (Lipinski definition) is 1. The van der Waals surface area contributed by atoms with Crippen molar-refractivity contribution in [3.63, 3.8) is 0 Å². The van der Waals surface area contributed by atoms with Gasteiger partial charge in [-0.25, -0.2) is 23.5 Å². The Morgan fingerprint density at radius 3 is 2.06 bits per heavy atom. The predicted octanol–water partition coefficient (Wildman–Crippen LogP) is 5.53. The van der Waals surface area contributed by atoms with Crippen LogP contribution in [0.1, 0.15) is 29.2 Å². The fourth-order valence-corrected chi connectivity index (χ4v) is 8.40. The Kier molecular flexibility index (Phi) is 8.02. The molecule has 1 aliphatic heterocycles. The average molecular weight is 694 g/mol. The summed E-state index contributed by atoms with van der Waals surface area (Å²) >= 11 is 0. The minimum absolute atomic E-state index is 0.0910. The van der Waals surface area contributed by atoms with E-state index >= 15 is 4.79 Å². The number of para-hydroxylation sites is 1. The number of fused-ring (bicyclic) bond motifs is 4. The molecule has 4 atom stereocenters. The van der Waals surface area contributed by atoms with Crippen LogP contribution in [0.2, 0.25) is 0 Å². The van der Waals surface area contributed by atoms with E-state index in [1.54, 1.807) is 36.4 Å². The number of Topliss-reactive ketones (excluding diaryl/α,β-unsaturated/α-hetero) is 1. The first-order chi connectivity index (χ1) is 25.3. The molecule has 0 radical (unpaired) electrons. The van der Waals surface area contributed by atoms with Gasteiger partial charge in [0.15, 0.2) is 23.1 Å². The SMILES string of the molecule is COc1cc(C=C[C@H]2C3=CCn4c(=O)n(-c5ccccc5)c(=O)n4[C@@H]3C[C@H]3C(=O)C(c4ccccc4)=CC(=O)[C@@]23c2ccccc2)cc(OC)c1O. The number of hydrogen-bond acceptors (Lipinski definition) is 7. The Hall–Kier alpha value is -6.42. The number of carbonyl (C=O) groups excluding carboxylic acids is 2. The van der Waals surface area contributed by atoms with Crippen LogP contribution in [-0.4, -0.2) is 44.8 Å². The Labute approximate surface area is 298 Å². The monoisotopic (exact) mass is 693 g/mol. The maximum atomic E-state index is 15.1. The molecule has 2 heterocycles. The van der Waals surface area contributed by atoms with Crippen molar-refractivity contribution in [2.45, 2.75) is 24.4 Å². The third-order valence-electron chi connectivity index (χ3n) is 10.7. The zero-order valence-corrected chi connectivity index (χ0v) is 28.5. The van der Waals surface area contributed by atoms with Crippen molar-refractivity contribution in [3.05, 3.63) is 165 Å². The number of phenols is 1. The second kappa shape index (κ2) is 12.7. The van der Waals surface area contributed by atoms with Gasteiger partial charge >= 0.3 is 11.4 Å². The van der Waals surface area contributed by atoms with E-state index in [1.807, 2.05) is 85.0 Å². The maximum absolute atomic E-state index is 15.1. The van der Waals surface area contributed by atoms with E-state index < -0.39 is 34.7 Å². The molecule has 10 heteroatoms. The summed E-state index contributed by atoms with van der Waals surface area (Å²) < 4.78 is 14.9. The number of ether oxygens (including phenoxy) is 2. The number of aromatic hydroxyl groups is 1. The van der Waals surface area contributed by atoms with Crippen LogP contribution >= 0.6 is 0 Å². The number of allylic oxidation sites excluding steroid dienone is 5. The minimum atomic E-state index is -1.38. The quantitative estimate of drug-likeness (QED) is 0.223. The van der Waals surface area contributed by atoms with Crippen LogP contribution in [0.5, 0.6) is 17.2 Å². The van der Waals surface area contributed by atoms with Crippen LogP contribution in [0.25, 0.3) is 17.3 Å². The van der Waals surface area contributed by atoms with E-state index in [1.165, 1.54) is 29.7 Å². The summed E-state index contributed by atoms with van der Waals surface area (Å²) in [6.45, 7) is 0.0910. The highest BCUT2D eigenvalue weighted by molar-refractivity contribution is 6.31. The molecule has 5 aromatic rings. The van der Waals surface area contributed by atoms with Crippen LogP contribution in [0.15, 0.2) is 137 Å². The lowest BCUT2D eigenvalue weighted by molar-refractivity contribution is -0.133. The number of nitrogens with zero attached hydrogens (tertiary/aromatic N) is 3. The van der Waals surface area contributed by atoms with Crippen LogP contribution in [0.4, 0.5) is 0 Å². The van der Waals surface area contributed by atoms with Crippen molar-refractivity contribution < 1.29 is 24.2 Å². The molecular weight excluding hydrogens is 658 g/mol. The van der Waals surface area contributed by atoms with E-state index in [4.69, 9.17) is 9.47 Å². The van der Waals surface area contributed by atoms with Gasteiger partial charge in [-0.1, -0.05) is 97.1 Å². The van der Waals surface area contributed by atoms with Crippen molar-refractivity contribution in [3.8, 4) is 22.9 Å². The predicted molar refractivity (Wildman–Crippen MR) is 196 cm³/mol. The molecular formula is C42H35N3O7. The van der Waals surface area contributed by atoms with Crippen LogP contribution < -0.4 is 20.9 Å². The molecule has 0 amide bonds. The largest absolute Gasteiger partial charge is 0.502 e. The second-order valence-electron chi connectivity index (χ2n) is 13.2. The lowest BCUT2D eigenvalue weighted by atomic mass is 9.49. The van der Waals surface area contributed by atoms with Crippen molar-refractivity contribution in [2.75, 3.05) is 14.2 Å². The fraction of sp³-hybridized carbons (Fsp3) is 0.190. The second-order valence-corrected chi connectivity index (χ2v) is 13.2. The summed E-state index contributed by atoms with van der Waals surface area (Å²) in [5.41, 5.74) is 1.03. The Morgan fingerprint density at radius 2 is 1.42 bits per heavy atom. The highest BCUT2D eigenvalue weighted by atomic mass is 16.5. The lowest BCUT2D eigenvalue weighted by Crippen LogP contribution is -2.59. The number of benzene rings is 4. The number of phenolic OH excluding ortho intramolecular Hbond substituents is 1. The van der Waals surface area contributed by atoms with Crippen molar-refractivity contribution in [1.82, 2.24) is 13.9 Å². The van der Waals surface area contributed by atoms with Crippen molar-refractivity contribution in [1.29, 1.82) is 0 Å². The van der Waals surface area contributed by atoms with E-state index in [2.05, 4.69) is 0 Å². The van der Waals surface area contributed by atoms with Gasteiger partial charge in [0.25, 0.3) is 0 Å². The zero-order chi connectivity index (χ0) is 36.1. The maximum Gasteiger partial charge on any atom is 0.352 e. The van der Waals surface area contributed by atoms with Crippen LogP contribution in [-0.2, 0) is 21.5 Å². The molecule has 0 saturated heterocycles. The summed E-state index contributed by atoms with van der Waals surface area (Å²) in [7, 11) is 2.88. The van der Waals surface area contributed by atoms with Crippen LogP contribution in [0, 0.1) is 11.8 Å². The van der Waals surface area contributed by atoms with E-state index in [-0.39, 0.29) is 41.8 Å². The van der Waals surface area contributed by atoms with Gasteiger partial charge in [0.05, 0.1) is 37.9 Å². The van der Waals surface area contributed by atoms with Gasteiger partial charge in [-0.3, -0.25) is 9.59 Å². The first-order valence-electron chi connectivity index (χ1n) is 17.0. The third-order valence-corrected chi connectivity index (χ3v) is 10.7. The summed E-state index contributed by atoms with van der Waals surface area (Å²) in [5.74, 6) is -1.83. The highest BCUT2D eigenvalue weighted by Gasteiger charge is 2.62. The van der Waals surface area contributed by atoms with Gasteiger partial charge in [-0.15, -0.1) is 0 Å². The molecule has 260 valence electrons. The first kappa shape index (κ1) is 32.8. The molecule has 4 aromatic carbocycles. The van der Waals surface area contributed by atoms with Crippen molar-refractivity contribution in [2.24, 2.45) is 11.8 Å². The zero-order valence-electron chi connectivity index (χ0n) is 28.5. The third kappa shape index (κ3) is 4.85. The number of carbonyl (C=O) groups is 2. The molecule has 0 bridgehead atoms. The molecule has 1 saturated carbocycles. The van der Waals surface area contributed by atoms with Gasteiger partial charge in [-0.2, -0.15) is 0 Å². The molecule has 0 unspecified atom stereocenters.